The second-order valence-electron chi connectivity index (χ2n) is 6.58. The van der Waals surface area contributed by atoms with Crippen molar-refractivity contribution >= 4 is 0 Å². The van der Waals surface area contributed by atoms with Crippen LogP contribution < -0.4 is 5.32 Å². The molecule has 3 atom stereocenters. The molecular weight excluding hydrogens is 212 g/mol. The molecule has 0 aromatic rings. The van der Waals surface area contributed by atoms with E-state index in [-0.39, 0.29) is 0 Å². The molecule has 0 heterocycles. The van der Waals surface area contributed by atoms with Gasteiger partial charge in [-0.1, -0.05) is 6.92 Å². The summed E-state index contributed by atoms with van der Waals surface area (Å²) in [5.74, 6) is 1.57. The lowest BCUT2D eigenvalue weighted by Gasteiger charge is -2.38. The summed E-state index contributed by atoms with van der Waals surface area (Å²) in [5.41, 5.74) is -0.593. The van der Waals surface area contributed by atoms with Gasteiger partial charge in [0.1, 0.15) is 0 Å². The first kappa shape index (κ1) is 14.9. The molecule has 3 nitrogen and oxygen atoms in total. The van der Waals surface area contributed by atoms with Crippen molar-refractivity contribution in [1.82, 2.24) is 10.2 Å². The Balaban J connectivity index is 2.46. The highest BCUT2D eigenvalue weighted by atomic mass is 16.3. The second kappa shape index (κ2) is 6.17. The minimum Gasteiger partial charge on any atom is -0.389 e. The Morgan fingerprint density at radius 2 is 2.00 bits per heavy atom. The highest BCUT2D eigenvalue weighted by Crippen LogP contribution is 2.29. The topological polar surface area (TPSA) is 35.5 Å². The highest BCUT2D eigenvalue weighted by Gasteiger charge is 2.29. The summed E-state index contributed by atoms with van der Waals surface area (Å²) in [6, 6.07) is 0.649. The largest absolute Gasteiger partial charge is 0.389 e. The van der Waals surface area contributed by atoms with Crippen LogP contribution in [0.5, 0.6) is 0 Å². The second-order valence-corrected chi connectivity index (χ2v) is 6.58. The first-order chi connectivity index (χ1) is 7.81. The molecule has 0 aliphatic heterocycles. The molecule has 3 unspecified atom stereocenters. The lowest BCUT2D eigenvalue weighted by Crippen LogP contribution is -2.46. The van der Waals surface area contributed by atoms with E-state index >= 15 is 0 Å². The molecule has 0 aromatic carbocycles. The van der Waals surface area contributed by atoms with Gasteiger partial charge in [0.25, 0.3) is 0 Å². The summed E-state index contributed by atoms with van der Waals surface area (Å²) in [7, 11) is 4.19. The number of hydrogen-bond acceptors (Lipinski definition) is 3. The minimum absolute atomic E-state index is 0.593. The Hall–Kier alpha value is -0.120. The van der Waals surface area contributed by atoms with E-state index in [1.54, 1.807) is 0 Å². The van der Waals surface area contributed by atoms with Gasteiger partial charge in [-0.25, -0.2) is 0 Å². The van der Waals surface area contributed by atoms with Crippen LogP contribution in [0.2, 0.25) is 0 Å². The summed E-state index contributed by atoms with van der Waals surface area (Å²) >= 11 is 0. The van der Waals surface area contributed by atoms with Crippen LogP contribution >= 0.6 is 0 Å². The van der Waals surface area contributed by atoms with Crippen molar-refractivity contribution in [2.45, 2.75) is 51.7 Å². The number of aliphatic hydroxyl groups is 1. The van der Waals surface area contributed by atoms with Crippen LogP contribution in [0.25, 0.3) is 0 Å². The quantitative estimate of drug-likeness (QED) is 0.770. The molecular formula is C14H30N2O. The van der Waals surface area contributed by atoms with Crippen molar-refractivity contribution in [3.8, 4) is 0 Å². The van der Waals surface area contributed by atoms with E-state index in [0.29, 0.717) is 6.04 Å². The summed E-state index contributed by atoms with van der Waals surface area (Å²) in [6.45, 7) is 7.94. The van der Waals surface area contributed by atoms with Crippen LogP contribution in [-0.2, 0) is 0 Å². The number of rotatable bonds is 5. The Morgan fingerprint density at radius 3 is 2.53 bits per heavy atom. The molecule has 1 rings (SSSR count). The summed E-state index contributed by atoms with van der Waals surface area (Å²) in [6.07, 6.45) is 3.94. The smallest absolute Gasteiger partial charge is 0.0718 e. The van der Waals surface area contributed by atoms with Gasteiger partial charge in [0, 0.05) is 19.1 Å². The van der Waals surface area contributed by atoms with Crippen LogP contribution in [0, 0.1) is 11.8 Å². The van der Waals surface area contributed by atoms with E-state index in [9.17, 15) is 5.11 Å². The van der Waals surface area contributed by atoms with E-state index in [1.807, 2.05) is 13.8 Å². The molecule has 1 fully saturated rings. The fraction of sp³-hybridized carbons (Fsp3) is 1.00. The molecule has 0 saturated heterocycles. The predicted octanol–water partition coefficient (Wildman–Crippen LogP) is 1.71. The van der Waals surface area contributed by atoms with Gasteiger partial charge in [-0.15, -0.1) is 0 Å². The predicted molar refractivity (Wildman–Crippen MR) is 73.1 cm³/mol. The monoisotopic (exact) mass is 242 g/mol. The maximum atomic E-state index is 9.84. The molecule has 1 saturated carbocycles. The van der Waals surface area contributed by atoms with Crippen LogP contribution in [0.3, 0.4) is 0 Å². The average Bonchev–Trinajstić information content (AvgIpc) is 2.14. The molecule has 1 aliphatic rings. The maximum absolute atomic E-state index is 9.84. The number of nitrogens with zero attached hydrogens (tertiary/aromatic N) is 1. The van der Waals surface area contributed by atoms with Crippen molar-refractivity contribution < 1.29 is 5.11 Å². The third-order valence-electron chi connectivity index (χ3n) is 3.82. The molecule has 1 aliphatic carbocycles. The molecule has 2 N–H and O–H groups in total. The molecule has 0 spiro atoms. The first-order valence-corrected chi connectivity index (χ1v) is 6.90. The Labute approximate surface area is 107 Å². The van der Waals surface area contributed by atoms with Gasteiger partial charge < -0.3 is 15.3 Å². The zero-order valence-corrected chi connectivity index (χ0v) is 12.2. The maximum Gasteiger partial charge on any atom is 0.0718 e. The summed E-state index contributed by atoms with van der Waals surface area (Å²) < 4.78 is 0. The molecule has 17 heavy (non-hydrogen) atoms. The van der Waals surface area contributed by atoms with E-state index in [0.717, 1.165) is 24.9 Å². The summed E-state index contributed by atoms with van der Waals surface area (Å²) in [5, 5.41) is 13.3. The highest BCUT2D eigenvalue weighted by molar-refractivity contribution is 4.85. The van der Waals surface area contributed by atoms with Gasteiger partial charge in [-0.05, 0) is 59.0 Å². The SMILES string of the molecule is CNC1CCC(C)CC1CN(C)CC(C)(C)O. The third kappa shape index (κ3) is 5.36. The molecule has 0 radical (unpaired) electrons. The van der Waals surface area contributed by atoms with E-state index in [4.69, 9.17) is 0 Å². The van der Waals surface area contributed by atoms with Crippen molar-refractivity contribution in [3.05, 3.63) is 0 Å². The summed E-state index contributed by atoms with van der Waals surface area (Å²) in [4.78, 5) is 2.27. The Morgan fingerprint density at radius 1 is 1.35 bits per heavy atom. The van der Waals surface area contributed by atoms with E-state index in [2.05, 4.69) is 31.2 Å². The molecule has 0 bridgehead atoms. The fourth-order valence-corrected chi connectivity index (χ4v) is 3.21. The number of likely N-dealkylation sites (N-methyl/N-ethyl adjacent to an activating group) is 1. The normalized spacial score (nSPS) is 30.9. The van der Waals surface area contributed by atoms with E-state index < -0.39 is 5.60 Å². The van der Waals surface area contributed by atoms with Crippen molar-refractivity contribution in [2.75, 3.05) is 27.2 Å². The van der Waals surface area contributed by atoms with Gasteiger partial charge in [0.15, 0.2) is 0 Å². The van der Waals surface area contributed by atoms with Crippen LogP contribution in [-0.4, -0.2) is 48.8 Å². The zero-order chi connectivity index (χ0) is 13.1. The van der Waals surface area contributed by atoms with Gasteiger partial charge >= 0.3 is 0 Å². The van der Waals surface area contributed by atoms with E-state index in [1.165, 1.54) is 19.3 Å². The van der Waals surface area contributed by atoms with Crippen molar-refractivity contribution in [1.29, 1.82) is 0 Å². The van der Waals surface area contributed by atoms with Gasteiger partial charge in [-0.2, -0.15) is 0 Å². The van der Waals surface area contributed by atoms with Crippen LogP contribution in [0.4, 0.5) is 0 Å². The van der Waals surface area contributed by atoms with Crippen LogP contribution in [0.15, 0.2) is 0 Å². The average molecular weight is 242 g/mol. The van der Waals surface area contributed by atoms with Crippen molar-refractivity contribution in [2.24, 2.45) is 11.8 Å². The third-order valence-corrected chi connectivity index (χ3v) is 3.82. The molecule has 102 valence electrons. The lowest BCUT2D eigenvalue weighted by atomic mass is 9.78. The Kier molecular flexibility index (Phi) is 5.42. The molecule has 3 heteroatoms. The molecule has 0 aromatic heterocycles. The number of hydrogen-bond donors (Lipinski definition) is 2. The Bertz CT molecular complexity index is 225. The van der Waals surface area contributed by atoms with Crippen molar-refractivity contribution in [3.63, 3.8) is 0 Å². The number of nitrogens with one attached hydrogen (secondary N) is 1. The minimum atomic E-state index is -0.593. The zero-order valence-electron chi connectivity index (χ0n) is 12.2. The van der Waals surface area contributed by atoms with Gasteiger partial charge in [0.05, 0.1) is 5.60 Å². The van der Waals surface area contributed by atoms with Gasteiger partial charge in [0.2, 0.25) is 0 Å². The lowest BCUT2D eigenvalue weighted by molar-refractivity contribution is 0.0343. The standard InChI is InChI=1S/C14H30N2O/c1-11-6-7-13(15-4)12(8-11)9-16(5)10-14(2,3)17/h11-13,15,17H,6-10H2,1-5H3. The fourth-order valence-electron chi connectivity index (χ4n) is 3.21. The van der Waals surface area contributed by atoms with Gasteiger partial charge in [-0.3, -0.25) is 0 Å². The van der Waals surface area contributed by atoms with Crippen LogP contribution in [0.1, 0.15) is 40.0 Å². The molecule has 0 amide bonds. The first-order valence-electron chi connectivity index (χ1n) is 6.90.